The molecule has 1 rings (SSSR count). The van der Waals surface area contributed by atoms with Crippen molar-refractivity contribution >= 4 is 22.9 Å². The van der Waals surface area contributed by atoms with E-state index in [2.05, 4.69) is 6.58 Å². The van der Waals surface area contributed by atoms with Crippen molar-refractivity contribution in [2.45, 2.75) is 6.04 Å². The maximum atomic E-state index is 5.69. The summed E-state index contributed by atoms with van der Waals surface area (Å²) in [6.45, 7) is 3.58. The number of hydrogen-bond acceptors (Lipinski definition) is 2. The zero-order valence-electron chi connectivity index (χ0n) is 5.38. The third kappa shape index (κ3) is 1.59. The van der Waals surface area contributed by atoms with Crippen molar-refractivity contribution in [1.82, 2.24) is 0 Å². The largest absolute Gasteiger partial charge is 0.320 e. The Morgan fingerprint density at radius 1 is 1.70 bits per heavy atom. The highest BCUT2D eigenvalue weighted by Gasteiger charge is 2.02. The van der Waals surface area contributed by atoms with Crippen LogP contribution in [0.3, 0.4) is 0 Å². The van der Waals surface area contributed by atoms with Crippen molar-refractivity contribution in [2.75, 3.05) is 0 Å². The molecule has 0 fully saturated rings. The van der Waals surface area contributed by atoms with Crippen LogP contribution in [0.4, 0.5) is 0 Å². The third-order valence-corrected chi connectivity index (χ3v) is 2.51. The Bertz CT molecular complexity index is 231. The van der Waals surface area contributed by atoms with Crippen LogP contribution in [0, 0.1) is 0 Å². The molecule has 54 valence electrons. The summed E-state index contributed by atoms with van der Waals surface area (Å²) in [7, 11) is 0. The van der Waals surface area contributed by atoms with Gasteiger partial charge in [-0.3, -0.25) is 0 Å². The van der Waals surface area contributed by atoms with Gasteiger partial charge in [-0.15, -0.1) is 17.9 Å². The van der Waals surface area contributed by atoms with E-state index in [1.807, 2.05) is 12.1 Å². The number of rotatable bonds is 2. The molecule has 1 aromatic heterocycles. The summed E-state index contributed by atoms with van der Waals surface area (Å²) in [6, 6.07) is 3.68. The van der Waals surface area contributed by atoms with Crippen molar-refractivity contribution in [3.8, 4) is 0 Å². The number of halogens is 1. The van der Waals surface area contributed by atoms with Gasteiger partial charge in [-0.1, -0.05) is 17.7 Å². The zero-order chi connectivity index (χ0) is 7.56. The second kappa shape index (κ2) is 3.19. The number of hydrogen-bond donors (Lipinski definition) is 1. The molecule has 0 amide bonds. The lowest BCUT2D eigenvalue weighted by atomic mass is 10.2. The highest BCUT2D eigenvalue weighted by molar-refractivity contribution is 7.16. The second-order valence-electron chi connectivity index (χ2n) is 1.90. The molecule has 1 unspecified atom stereocenters. The monoisotopic (exact) mass is 173 g/mol. The summed E-state index contributed by atoms with van der Waals surface area (Å²) in [5.74, 6) is 0. The van der Waals surface area contributed by atoms with Crippen LogP contribution < -0.4 is 5.73 Å². The molecule has 0 spiro atoms. The molecule has 1 aromatic rings. The molecule has 0 aliphatic carbocycles. The van der Waals surface area contributed by atoms with E-state index in [0.717, 1.165) is 9.21 Å². The highest BCUT2D eigenvalue weighted by Crippen LogP contribution is 2.25. The summed E-state index contributed by atoms with van der Waals surface area (Å²) >= 11 is 7.18. The van der Waals surface area contributed by atoms with Gasteiger partial charge >= 0.3 is 0 Å². The van der Waals surface area contributed by atoms with E-state index >= 15 is 0 Å². The van der Waals surface area contributed by atoms with Gasteiger partial charge in [0.1, 0.15) is 0 Å². The SMILES string of the molecule is C=CC(N)c1ccc(Cl)s1. The Kier molecular flexibility index (Phi) is 2.49. The molecular formula is C7H8ClNS. The Labute approximate surface area is 69.1 Å². The first-order valence-corrected chi connectivity index (χ1v) is 4.07. The van der Waals surface area contributed by atoms with Crippen molar-refractivity contribution in [2.24, 2.45) is 5.73 Å². The van der Waals surface area contributed by atoms with Crippen LogP contribution in [-0.2, 0) is 0 Å². The Morgan fingerprint density at radius 3 is 2.80 bits per heavy atom. The van der Waals surface area contributed by atoms with Gasteiger partial charge in [0, 0.05) is 4.88 Å². The van der Waals surface area contributed by atoms with Gasteiger partial charge < -0.3 is 5.73 Å². The number of nitrogens with two attached hydrogens (primary N) is 1. The molecule has 0 radical (unpaired) electrons. The normalized spacial score (nSPS) is 13.0. The minimum atomic E-state index is -0.0718. The second-order valence-corrected chi connectivity index (χ2v) is 3.65. The smallest absolute Gasteiger partial charge is 0.0931 e. The van der Waals surface area contributed by atoms with E-state index in [-0.39, 0.29) is 6.04 Å². The molecule has 0 aliphatic rings. The Morgan fingerprint density at radius 2 is 2.40 bits per heavy atom. The lowest BCUT2D eigenvalue weighted by Crippen LogP contribution is -2.03. The molecule has 10 heavy (non-hydrogen) atoms. The van der Waals surface area contributed by atoms with Crippen LogP contribution in [0.1, 0.15) is 10.9 Å². The predicted molar refractivity (Wildman–Crippen MR) is 46.5 cm³/mol. The number of thiophene rings is 1. The molecule has 2 N–H and O–H groups in total. The minimum Gasteiger partial charge on any atom is -0.320 e. The van der Waals surface area contributed by atoms with E-state index in [4.69, 9.17) is 17.3 Å². The van der Waals surface area contributed by atoms with Gasteiger partial charge in [0.05, 0.1) is 10.4 Å². The van der Waals surface area contributed by atoms with Gasteiger partial charge in [0.25, 0.3) is 0 Å². The molecule has 0 aliphatic heterocycles. The lowest BCUT2D eigenvalue weighted by Gasteiger charge is -1.98. The van der Waals surface area contributed by atoms with E-state index in [9.17, 15) is 0 Å². The van der Waals surface area contributed by atoms with E-state index in [0.29, 0.717) is 0 Å². The third-order valence-electron chi connectivity index (χ3n) is 1.18. The standard InChI is InChI=1S/C7H8ClNS/c1-2-5(9)6-3-4-7(8)10-6/h2-5H,1,9H2. The van der Waals surface area contributed by atoms with Crippen LogP contribution in [0.2, 0.25) is 4.34 Å². The Hall–Kier alpha value is -0.310. The fourth-order valence-corrected chi connectivity index (χ4v) is 1.68. The van der Waals surface area contributed by atoms with Crippen molar-refractivity contribution in [3.63, 3.8) is 0 Å². The summed E-state index contributed by atoms with van der Waals surface area (Å²) in [6.07, 6.45) is 1.70. The molecule has 1 nitrogen and oxygen atoms in total. The van der Waals surface area contributed by atoms with Crippen molar-refractivity contribution in [1.29, 1.82) is 0 Å². The maximum absolute atomic E-state index is 5.69. The van der Waals surface area contributed by atoms with Crippen LogP contribution in [0.5, 0.6) is 0 Å². The van der Waals surface area contributed by atoms with E-state index < -0.39 is 0 Å². The summed E-state index contributed by atoms with van der Waals surface area (Å²) in [4.78, 5) is 1.06. The quantitative estimate of drug-likeness (QED) is 0.684. The van der Waals surface area contributed by atoms with Crippen LogP contribution in [0.25, 0.3) is 0 Å². The average molecular weight is 174 g/mol. The summed E-state index contributed by atoms with van der Waals surface area (Å²) in [5, 5.41) is 0. The van der Waals surface area contributed by atoms with Gasteiger partial charge in [-0.2, -0.15) is 0 Å². The first-order valence-electron chi connectivity index (χ1n) is 2.87. The maximum Gasteiger partial charge on any atom is 0.0931 e. The molecule has 0 saturated heterocycles. The molecule has 1 atom stereocenters. The Balaban J connectivity index is 2.84. The summed E-state index contributed by atoms with van der Waals surface area (Å²) < 4.78 is 0.771. The zero-order valence-corrected chi connectivity index (χ0v) is 6.95. The predicted octanol–water partition coefficient (Wildman–Crippen LogP) is 2.59. The molecule has 1 heterocycles. The van der Waals surface area contributed by atoms with Crippen LogP contribution in [-0.4, -0.2) is 0 Å². The molecule has 0 aromatic carbocycles. The van der Waals surface area contributed by atoms with Crippen LogP contribution >= 0.6 is 22.9 Å². The lowest BCUT2D eigenvalue weighted by molar-refractivity contribution is 0.940. The van der Waals surface area contributed by atoms with Crippen molar-refractivity contribution < 1.29 is 0 Å². The van der Waals surface area contributed by atoms with Gasteiger partial charge in [-0.25, -0.2) is 0 Å². The fraction of sp³-hybridized carbons (Fsp3) is 0.143. The van der Waals surface area contributed by atoms with Gasteiger partial charge in [-0.05, 0) is 12.1 Å². The van der Waals surface area contributed by atoms with Gasteiger partial charge in [0.2, 0.25) is 0 Å². The van der Waals surface area contributed by atoms with Gasteiger partial charge in [0.15, 0.2) is 0 Å². The van der Waals surface area contributed by atoms with Crippen LogP contribution in [0.15, 0.2) is 24.8 Å². The molecule has 3 heteroatoms. The summed E-state index contributed by atoms with van der Waals surface area (Å²) in [5.41, 5.74) is 5.64. The topological polar surface area (TPSA) is 26.0 Å². The fourth-order valence-electron chi connectivity index (χ4n) is 0.624. The molecule has 0 bridgehead atoms. The average Bonchev–Trinajstić information content (AvgIpc) is 2.34. The van der Waals surface area contributed by atoms with Crippen molar-refractivity contribution in [3.05, 3.63) is 34.0 Å². The highest BCUT2D eigenvalue weighted by atomic mass is 35.5. The van der Waals surface area contributed by atoms with E-state index in [1.54, 1.807) is 6.08 Å². The van der Waals surface area contributed by atoms with E-state index in [1.165, 1.54) is 11.3 Å². The first-order chi connectivity index (χ1) is 4.74. The molecule has 0 saturated carbocycles. The first kappa shape index (κ1) is 7.79. The minimum absolute atomic E-state index is 0.0718. The molecular weight excluding hydrogens is 166 g/mol.